The van der Waals surface area contributed by atoms with E-state index in [0.29, 0.717) is 0 Å². The van der Waals surface area contributed by atoms with Crippen molar-refractivity contribution in [3.63, 3.8) is 0 Å². The zero-order valence-electron chi connectivity index (χ0n) is 18.0. The molecule has 0 saturated heterocycles. The largest absolute Gasteiger partial charge is 0.353 e. The second-order valence-corrected chi connectivity index (χ2v) is 11.6. The van der Waals surface area contributed by atoms with Gasteiger partial charge in [-0.25, -0.2) is 26.3 Å². The minimum Gasteiger partial charge on any atom is -0.353 e. The van der Waals surface area contributed by atoms with E-state index in [-0.39, 0.29) is 23.5 Å². The van der Waals surface area contributed by atoms with E-state index in [2.05, 4.69) is 14.8 Å². The third-order valence-electron chi connectivity index (χ3n) is 2.33. The van der Waals surface area contributed by atoms with Gasteiger partial charge >= 0.3 is 0 Å². The first-order chi connectivity index (χ1) is 11.9. The molecule has 0 radical (unpaired) electrons. The highest BCUT2D eigenvalue weighted by Gasteiger charge is 2.17. The Hall–Kier alpha value is -0.970. The lowest BCUT2D eigenvalue weighted by Crippen LogP contribution is -2.41. The van der Waals surface area contributed by atoms with Gasteiger partial charge in [0.05, 0.1) is 0 Å². The van der Waals surface area contributed by atoms with Crippen LogP contribution in [0.5, 0.6) is 0 Å². The number of rotatable bonds is 8. The molecule has 0 aliphatic rings. The van der Waals surface area contributed by atoms with Gasteiger partial charge in [-0.1, -0.05) is 26.8 Å². The zero-order chi connectivity index (χ0) is 22.1. The van der Waals surface area contributed by atoms with Gasteiger partial charge in [-0.3, -0.25) is 4.79 Å². The molecule has 0 aromatic heterocycles. The maximum absolute atomic E-state index is 11.3. The molecular weight excluding hydrogens is 390 g/mol. The maximum atomic E-state index is 11.3. The first kappa shape index (κ1) is 28.2. The third-order valence-corrected chi connectivity index (χ3v) is 5.10. The van der Waals surface area contributed by atoms with Crippen LogP contribution in [0.4, 0.5) is 0 Å². The number of amides is 1. The van der Waals surface area contributed by atoms with Gasteiger partial charge in [0.15, 0.2) is 0 Å². The summed E-state index contributed by atoms with van der Waals surface area (Å²) in [7, 11) is -6.73. The first-order valence-electron chi connectivity index (χ1n) is 8.86. The van der Waals surface area contributed by atoms with Crippen molar-refractivity contribution in [3.05, 3.63) is 11.5 Å². The minimum absolute atomic E-state index is 0.0447. The number of nitrogens with one attached hydrogen (secondary N) is 3. The Morgan fingerprint density at radius 1 is 0.852 bits per heavy atom. The van der Waals surface area contributed by atoms with Crippen LogP contribution in [0.2, 0.25) is 0 Å². The summed E-state index contributed by atoms with van der Waals surface area (Å²) < 4.78 is 49.9. The second kappa shape index (κ2) is 11.8. The molecule has 0 fully saturated rings. The molecule has 0 heterocycles. The van der Waals surface area contributed by atoms with Crippen molar-refractivity contribution < 1.29 is 21.6 Å². The molecule has 0 bridgehead atoms. The van der Waals surface area contributed by atoms with Gasteiger partial charge in [-0.05, 0) is 47.0 Å². The topological polar surface area (TPSA) is 121 Å². The second-order valence-electron chi connectivity index (χ2n) is 8.24. The Bertz CT molecular complexity index is 674. The van der Waals surface area contributed by atoms with Crippen molar-refractivity contribution in [2.24, 2.45) is 5.41 Å². The van der Waals surface area contributed by atoms with Gasteiger partial charge in [0.25, 0.3) is 0 Å². The molecule has 162 valence electrons. The normalized spacial score (nSPS) is 13.2. The molecule has 0 aliphatic heterocycles. The summed E-state index contributed by atoms with van der Waals surface area (Å²) >= 11 is 0. The Balaban J connectivity index is 0. The molecule has 0 saturated carbocycles. The SMILES string of the molecule is CC(C)NC(=O)CS(=O)(=O)NC(C)C.CC(C)NS(=O)(=O)/C=C/C(C)(C)C. The fraction of sp³-hybridized carbons (Fsp3) is 0.824. The predicted octanol–water partition coefficient (Wildman–Crippen LogP) is 1.71. The van der Waals surface area contributed by atoms with Gasteiger partial charge in [-0.2, -0.15) is 0 Å². The van der Waals surface area contributed by atoms with Crippen molar-refractivity contribution in [1.82, 2.24) is 14.8 Å². The monoisotopic (exact) mass is 427 g/mol. The van der Waals surface area contributed by atoms with E-state index in [1.54, 1.807) is 47.6 Å². The average Bonchev–Trinajstić information content (AvgIpc) is 2.31. The highest BCUT2D eigenvalue weighted by molar-refractivity contribution is 7.92. The van der Waals surface area contributed by atoms with Crippen molar-refractivity contribution in [3.8, 4) is 0 Å². The summed E-state index contributed by atoms with van der Waals surface area (Å²) in [5, 5.41) is 3.74. The lowest BCUT2D eigenvalue weighted by Gasteiger charge is -2.12. The number of carbonyl (C=O) groups excluding carboxylic acids is 1. The van der Waals surface area contributed by atoms with E-state index < -0.39 is 31.7 Å². The molecule has 0 aromatic carbocycles. The van der Waals surface area contributed by atoms with Crippen LogP contribution in [0.3, 0.4) is 0 Å². The van der Waals surface area contributed by atoms with Crippen LogP contribution < -0.4 is 14.8 Å². The van der Waals surface area contributed by atoms with Crippen LogP contribution in [0.1, 0.15) is 62.3 Å². The molecule has 0 atom stereocenters. The molecular formula is C17H37N3O5S2. The van der Waals surface area contributed by atoms with Crippen LogP contribution in [-0.2, 0) is 24.8 Å². The van der Waals surface area contributed by atoms with E-state index in [4.69, 9.17) is 0 Å². The van der Waals surface area contributed by atoms with Gasteiger partial charge in [0.1, 0.15) is 5.75 Å². The summed E-state index contributed by atoms with van der Waals surface area (Å²) in [5.74, 6) is -0.989. The molecule has 0 unspecified atom stereocenters. The smallest absolute Gasteiger partial charge is 0.236 e. The number of hydrogen-bond donors (Lipinski definition) is 3. The van der Waals surface area contributed by atoms with Crippen molar-refractivity contribution in [1.29, 1.82) is 0 Å². The first-order valence-corrected chi connectivity index (χ1v) is 12.1. The van der Waals surface area contributed by atoms with E-state index in [1.165, 1.54) is 5.41 Å². The molecule has 27 heavy (non-hydrogen) atoms. The predicted molar refractivity (Wildman–Crippen MR) is 111 cm³/mol. The van der Waals surface area contributed by atoms with Gasteiger partial charge in [0.2, 0.25) is 26.0 Å². The molecule has 10 heteroatoms. The van der Waals surface area contributed by atoms with Crippen LogP contribution >= 0.6 is 0 Å². The third kappa shape index (κ3) is 21.2. The summed E-state index contributed by atoms with van der Waals surface area (Å²) in [4.78, 5) is 11.1. The average molecular weight is 428 g/mol. The number of sulfonamides is 2. The Morgan fingerprint density at radius 2 is 1.30 bits per heavy atom. The van der Waals surface area contributed by atoms with Crippen LogP contribution in [0.15, 0.2) is 11.5 Å². The zero-order valence-corrected chi connectivity index (χ0v) is 19.6. The molecule has 3 N–H and O–H groups in total. The lowest BCUT2D eigenvalue weighted by molar-refractivity contribution is -0.119. The fourth-order valence-corrected chi connectivity index (χ4v) is 4.15. The number of carbonyl (C=O) groups is 1. The Morgan fingerprint density at radius 3 is 1.63 bits per heavy atom. The highest BCUT2D eigenvalue weighted by Crippen LogP contribution is 2.15. The summed E-state index contributed by atoms with van der Waals surface area (Å²) in [6, 6.07) is -0.293. The Labute approximate surface area is 165 Å². The van der Waals surface area contributed by atoms with Gasteiger partial charge in [0, 0.05) is 23.5 Å². The van der Waals surface area contributed by atoms with Gasteiger partial charge < -0.3 is 5.32 Å². The fourth-order valence-electron chi connectivity index (χ4n) is 1.60. The van der Waals surface area contributed by atoms with Crippen molar-refractivity contribution in [2.45, 2.75) is 80.4 Å². The van der Waals surface area contributed by atoms with Gasteiger partial charge in [-0.15, -0.1) is 0 Å². The van der Waals surface area contributed by atoms with E-state index in [1.807, 2.05) is 20.8 Å². The molecule has 8 nitrogen and oxygen atoms in total. The Kier molecular flexibility index (Phi) is 12.3. The molecule has 0 aromatic rings. The van der Waals surface area contributed by atoms with Crippen LogP contribution in [-0.4, -0.2) is 46.6 Å². The molecule has 1 amide bonds. The van der Waals surface area contributed by atoms with E-state index in [9.17, 15) is 21.6 Å². The summed E-state index contributed by atoms with van der Waals surface area (Å²) in [5.41, 5.74) is -0.105. The maximum Gasteiger partial charge on any atom is 0.236 e. The van der Waals surface area contributed by atoms with E-state index in [0.717, 1.165) is 0 Å². The highest BCUT2D eigenvalue weighted by atomic mass is 32.2. The van der Waals surface area contributed by atoms with Crippen molar-refractivity contribution in [2.75, 3.05) is 5.75 Å². The quantitative estimate of drug-likeness (QED) is 0.544. The summed E-state index contributed by atoms with van der Waals surface area (Å²) in [6.07, 6.45) is 1.68. The lowest BCUT2D eigenvalue weighted by atomic mass is 9.98. The minimum atomic E-state index is -3.49. The van der Waals surface area contributed by atoms with E-state index >= 15 is 0 Å². The number of hydrogen-bond acceptors (Lipinski definition) is 5. The van der Waals surface area contributed by atoms with Crippen LogP contribution in [0, 0.1) is 5.41 Å². The standard InChI is InChI=1S/C9H19NO2S.C8H18N2O3S/c1-8(2)10-13(11,12)7-6-9(3,4)5;1-6(2)9-8(11)5-14(12,13)10-7(3)4/h6-8,10H,1-5H3;6-7,10H,5H2,1-4H3,(H,9,11)/b7-6+;. The molecule has 0 aliphatic carbocycles. The summed E-state index contributed by atoms with van der Waals surface area (Å²) in [6.45, 7) is 16.4. The van der Waals surface area contributed by atoms with Crippen molar-refractivity contribution >= 4 is 26.0 Å². The number of allylic oxidation sites excluding steroid dienone is 1. The molecule has 0 rings (SSSR count). The molecule has 0 spiro atoms. The van der Waals surface area contributed by atoms with Crippen LogP contribution in [0.25, 0.3) is 0 Å².